The summed E-state index contributed by atoms with van der Waals surface area (Å²) >= 11 is 0. The van der Waals surface area contributed by atoms with Crippen LogP contribution in [0.5, 0.6) is 5.75 Å². The highest BCUT2D eigenvalue weighted by molar-refractivity contribution is 5.96. The van der Waals surface area contributed by atoms with Crippen LogP contribution >= 0.6 is 0 Å². The Hall–Kier alpha value is -2.13. The first-order valence-electron chi connectivity index (χ1n) is 6.51. The zero-order chi connectivity index (χ0) is 14.6. The van der Waals surface area contributed by atoms with Gasteiger partial charge in [0.25, 0.3) is 0 Å². The fourth-order valence-corrected chi connectivity index (χ4v) is 1.98. The van der Waals surface area contributed by atoms with E-state index in [1.165, 1.54) is 6.92 Å². The Labute approximate surface area is 118 Å². The first-order valence-corrected chi connectivity index (χ1v) is 6.51. The fraction of sp³-hybridized carbons (Fsp3) is 0.235. The van der Waals surface area contributed by atoms with E-state index in [9.17, 15) is 9.90 Å². The van der Waals surface area contributed by atoms with Crippen LogP contribution < -0.4 is 4.74 Å². The smallest absolute Gasteiger partial charge is 0.163 e. The third kappa shape index (κ3) is 3.25. The number of carbonyl (C=O) groups excluding carboxylic acids is 1. The molecule has 0 aromatic heterocycles. The Morgan fingerprint density at radius 2 is 1.70 bits per heavy atom. The minimum Gasteiger partial charge on any atom is -0.489 e. The summed E-state index contributed by atoms with van der Waals surface area (Å²) in [5.41, 5.74) is 0.196. The molecule has 1 atom stereocenters. The molecule has 20 heavy (non-hydrogen) atoms. The van der Waals surface area contributed by atoms with Gasteiger partial charge in [0.05, 0.1) is 5.56 Å². The van der Waals surface area contributed by atoms with Crippen molar-refractivity contribution >= 4 is 5.78 Å². The van der Waals surface area contributed by atoms with Gasteiger partial charge in [-0.1, -0.05) is 42.5 Å². The van der Waals surface area contributed by atoms with Gasteiger partial charge in [-0.3, -0.25) is 4.79 Å². The van der Waals surface area contributed by atoms with Crippen LogP contribution in [0.3, 0.4) is 0 Å². The molecule has 2 aromatic carbocycles. The zero-order valence-electron chi connectivity index (χ0n) is 11.7. The lowest BCUT2D eigenvalue weighted by molar-refractivity contribution is 0.00732. The Balaban J connectivity index is 2.15. The van der Waals surface area contributed by atoms with Crippen molar-refractivity contribution in [1.29, 1.82) is 0 Å². The van der Waals surface area contributed by atoms with Crippen LogP contribution in [-0.4, -0.2) is 17.5 Å². The highest BCUT2D eigenvalue weighted by atomic mass is 16.5. The largest absolute Gasteiger partial charge is 0.489 e. The van der Waals surface area contributed by atoms with Gasteiger partial charge in [-0.05, 0) is 31.5 Å². The summed E-state index contributed by atoms with van der Waals surface area (Å²) in [6.45, 7) is 3.28. The number of carbonyl (C=O) groups is 1. The molecule has 3 heteroatoms. The van der Waals surface area contributed by atoms with Gasteiger partial charge in [0.2, 0.25) is 0 Å². The van der Waals surface area contributed by atoms with E-state index < -0.39 is 5.60 Å². The van der Waals surface area contributed by atoms with Crippen molar-refractivity contribution < 1.29 is 14.6 Å². The van der Waals surface area contributed by atoms with Crippen molar-refractivity contribution in [2.24, 2.45) is 0 Å². The number of hydrogen-bond acceptors (Lipinski definition) is 3. The number of benzene rings is 2. The van der Waals surface area contributed by atoms with E-state index in [4.69, 9.17) is 4.74 Å². The van der Waals surface area contributed by atoms with E-state index in [-0.39, 0.29) is 12.4 Å². The van der Waals surface area contributed by atoms with Crippen molar-refractivity contribution in [2.75, 3.05) is 6.61 Å². The summed E-state index contributed by atoms with van der Waals surface area (Å²) in [5, 5.41) is 10.5. The average Bonchev–Trinajstić information content (AvgIpc) is 2.46. The Kier molecular flexibility index (Phi) is 4.20. The number of hydrogen-bond donors (Lipinski definition) is 1. The maximum absolute atomic E-state index is 11.5. The molecule has 0 heterocycles. The summed E-state index contributed by atoms with van der Waals surface area (Å²) in [4.78, 5) is 11.5. The molecule has 3 nitrogen and oxygen atoms in total. The second kappa shape index (κ2) is 5.88. The van der Waals surface area contributed by atoms with Gasteiger partial charge in [-0.25, -0.2) is 0 Å². The highest BCUT2D eigenvalue weighted by Gasteiger charge is 2.24. The van der Waals surface area contributed by atoms with Gasteiger partial charge < -0.3 is 9.84 Å². The molecule has 0 spiro atoms. The number of para-hydroxylation sites is 1. The fourth-order valence-electron chi connectivity index (χ4n) is 1.98. The van der Waals surface area contributed by atoms with Gasteiger partial charge in [0.15, 0.2) is 5.78 Å². The number of Topliss-reactive ketones (excluding diaryl/α,β-unsaturated/α-hetero) is 1. The topological polar surface area (TPSA) is 46.5 Å². The number of ether oxygens (including phenoxy) is 1. The molecule has 1 N–H and O–H groups in total. The van der Waals surface area contributed by atoms with Crippen LogP contribution in [0.2, 0.25) is 0 Å². The SMILES string of the molecule is CC(=O)c1ccccc1OCC(C)(O)c1ccccc1. The number of aliphatic hydroxyl groups is 1. The van der Waals surface area contributed by atoms with Gasteiger partial charge in [0, 0.05) is 0 Å². The van der Waals surface area contributed by atoms with Crippen molar-refractivity contribution in [3.8, 4) is 5.75 Å². The van der Waals surface area contributed by atoms with Gasteiger partial charge in [-0.15, -0.1) is 0 Å². The maximum atomic E-state index is 11.5. The maximum Gasteiger partial charge on any atom is 0.163 e. The Bertz CT molecular complexity index is 588. The summed E-state index contributed by atoms with van der Waals surface area (Å²) in [6.07, 6.45) is 0. The molecule has 2 rings (SSSR count). The van der Waals surface area contributed by atoms with Crippen molar-refractivity contribution in [3.63, 3.8) is 0 Å². The zero-order valence-corrected chi connectivity index (χ0v) is 11.7. The van der Waals surface area contributed by atoms with Crippen LogP contribution in [0.15, 0.2) is 54.6 Å². The van der Waals surface area contributed by atoms with Crippen LogP contribution in [0.1, 0.15) is 29.8 Å². The van der Waals surface area contributed by atoms with Crippen LogP contribution in [0.25, 0.3) is 0 Å². The summed E-state index contributed by atoms with van der Waals surface area (Å²) < 4.78 is 5.65. The molecule has 0 amide bonds. The molecule has 2 aromatic rings. The average molecular weight is 270 g/mol. The van der Waals surface area contributed by atoms with E-state index in [0.717, 1.165) is 5.56 Å². The van der Waals surface area contributed by atoms with Crippen molar-refractivity contribution in [1.82, 2.24) is 0 Å². The number of ketones is 1. The summed E-state index contributed by atoms with van der Waals surface area (Å²) in [6, 6.07) is 16.4. The van der Waals surface area contributed by atoms with Gasteiger partial charge in [-0.2, -0.15) is 0 Å². The molecule has 0 aliphatic heterocycles. The Morgan fingerprint density at radius 3 is 2.35 bits per heavy atom. The molecular formula is C17H18O3. The van der Waals surface area contributed by atoms with E-state index in [0.29, 0.717) is 11.3 Å². The van der Waals surface area contributed by atoms with E-state index in [1.54, 1.807) is 31.2 Å². The summed E-state index contributed by atoms with van der Waals surface area (Å²) in [5.74, 6) is 0.441. The molecule has 0 radical (unpaired) electrons. The lowest BCUT2D eigenvalue weighted by Crippen LogP contribution is -2.29. The molecule has 1 unspecified atom stereocenters. The quantitative estimate of drug-likeness (QED) is 0.849. The standard InChI is InChI=1S/C17H18O3/c1-13(18)15-10-6-7-11-16(15)20-12-17(2,19)14-8-4-3-5-9-14/h3-11,19H,12H2,1-2H3. The third-order valence-electron chi connectivity index (χ3n) is 3.17. The second-order valence-corrected chi connectivity index (χ2v) is 4.98. The first kappa shape index (κ1) is 14.3. The molecule has 0 saturated heterocycles. The van der Waals surface area contributed by atoms with Crippen LogP contribution in [-0.2, 0) is 5.60 Å². The van der Waals surface area contributed by atoms with Crippen LogP contribution in [0.4, 0.5) is 0 Å². The molecule has 0 bridgehead atoms. The first-order chi connectivity index (χ1) is 9.50. The second-order valence-electron chi connectivity index (χ2n) is 4.98. The van der Waals surface area contributed by atoms with Gasteiger partial charge >= 0.3 is 0 Å². The monoisotopic (exact) mass is 270 g/mol. The Morgan fingerprint density at radius 1 is 1.10 bits per heavy atom. The summed E-state index contributed by atoms with van der Waals surface area (Å²) in [7, 11) is 0. The van der Waals surface area contributed by atoms with E-state index in [1.807, 2.05) is 30.3 Å². The molecule has 0 fully saturated rings. The van der Waals surface area contributed by atoms with Crippen LogP contribution in [0, 0.1) is 0 Å². The normalized spacial score (nSPS) is 13.6. The van der Waals surface area contributed by atoms with Crippen molar-refractivity contribution in [3.05, 3.63) is 65.7 Å². The third-order valence-corrected chi connectivity index (χ3v) is 3.17. The highest BCUT2D eigenvalue weighted by Crippen LogP contribution is 2.24. The lowest BCUT2D eigenvalue weighted by atomic mass is 9.97. The lowest BCUT2D eigenvalue weighted by Gasteiger charge is -2.24. The number of rotatable bonds is 5. The molecular weight excluding hydrogens is 252 g/mol. The minimum absolute atomic E-state index is 0.0556. The molecule has 0 aliphatic rings. The van der Waals surface area contributed by atoms with E-state index in [2.05, 4.69) is 0 Å². The molecule has 0 saturated carbocycles. The van der Waals surface area contributed by atoms with E-state index >= 15 is 0 Å². The molecule has 104 valence electrons. The predicted octanol–water partition coefficient (Wildman–Crippen LogP) is 3.18. The predicted molar refractivity (Wildman–Crippen MR) is 78.0 cm³/mol. The van der Waals surface area contributed by atoms with Crippen molar-refractivity contribution in [2.45, 2.75) is 19.4 Å². The van der Waals surface area contributed by atoms with Gasteiger partial charge in [0.1, 0.15) is 18.0 Å². The minimum atomic E-state index is -1.11. The molecule has 0 aliphatic carbocycles.